The van der Waals surface area contributed by atoms with Crippen molar-refractivity contribution < 1.29 is 5.11 Å². The highest BCUT2D eigenvalue weighted by atomic mass is 35.5. The van der Waals surface area contributed by atoms with Gasteiger partial charge in [-0.1, -0.05) is 0 Å². The molecule has 1 aliphatic rings. The number of rotatable bonds is 0. The first kappa shape index (κ1) is 4.37. The first-order valence-electron chi connectivity index (χ1n) is 1.86. The van der Waals surface area contributed by atoms with E-state index in [1.54, 1.807) is 0 Å². The van der Waals surface area contributed by atoms with Crippen molar-refractivity contribution in [3.63, 3.8) is 0 Å². The largest absolute Gasteiger partial charge is 0.389 e. The van der Waals surface area contributed by atoms with Crippen LogP contribution in [-0.2, 0) is 0 Å². The van der Waals surface area contributed by atoms with Gasteiger partial charge < -0.3 is 5.11 Å². The molecule has 2 atom stereocenters. The Balaban J connectivity index is 2.20. The van der Waals surface area contributed by atoms with Crippen LogP contribution in [0.4, 0.5) is 0 Å². The van der Waals surface area contributed by atoms with Gasteiger partial charge in [0.2, 0.25) is 0 Å². The van der Waals surface area contributed by atoms with Crippen molar-refractivity contribution in [2.75, 3.05) is 6.54 Å². The van der Waals surface area contributed by atoms with Gasteiger partial charge in [-0.15, -0.1) is 11.6 Å². The summed E-state index contributed by atoms with van der Waals surface area (Å²) in [7, 11) is 0. The summed E-state index contributed by atoms with van der Waals surface area (Å²) in [6, 6.07) is 0. The van der Waals surface area contributed by atoms with Crippen molar-refractivity contribution in [1.82, 2.24) is 5.32 Å². The molecule has 2 nitrogen and oxygen atoms in total. The molecule has 1 aliphatic heterocycles. The summed E-state index contributed by atoms with van der Waals surface area (Å²) < 4.78 is 0. The van der Waals surface area contributed by atoms with Crippen LogP contribution in [0, 0.1) is 0 Å². The molecule has 0 saturated carbocycles. The van der Waals surface area contributed by atoms with Gasteiger partial charge >= 0.3 is 0 Å². The minimum atomic E-state index is -0.313. The van der Waals surface area contributed by atoms with Gasteiger partial charge in [-0.3, -0.25) is 5.32 Å². The first-order chi connectivity index (χ1) is 2.80. The predicted molar refractivity (Wildman–Crippen MR) is 23.7 cm³/mol. The minimum absolute atomic E-state index is 0.190. The van der Waals surface area contributed by atoms with Crippen molar-refractivity contribution in [3.05, 3.63) is 0 Å². The smallest absolute Gasteiger partial charge is 0.110 e. The molecule has 0 spiro atoms. The highest BCUT2D eigenvalue weighted by molar-refractivity contribution is 6.21. The molecule has 0 aromatic carbocycles. The standard InChI is InChI=1S/C3H6ClNO/c4-3-2(6)1-5-3/h2-3,5-6H,1H2. The highest BCUT2D eigenvalue weighted by Gasteiger charge is 2.24. The van der Waals surface area contributed by atoms with Gasteiger partial charge in [0.25, 0.3) is 0 Å². The number of aliphatic hydroxyl groups excluding tert-OH is 1. The Morgan fingerprint density at radius 2 is 2.33 bits per heavy atom. The highest BCUT2D eigenvalue weighted by Crippen LogP contribution is 2.05. The molecule has 1 heterocycles. The number of alkyl halides is 1. The van der Waals surface area contributed by atoms with E-state index in [-0.39, 0.29) is 11.6 Å². The molecule has 0 aromatic rings. The van der Waals surface area contributed by atoms with Crippen LogP contribution in [0.1, 0.15) is 0 Å². The number of halogens is 1. The van der Waals surface area contributed by atoms with E-state index in [1.165, 1.54) is 0 Å². The minimum Gasteiger partial charge on any atom is -0.389 e. The summed E-state index contributed by atoms with van der Waals surface area (Å²) in [5, 5.41) is 11.3. The van der Waals surface area contributed by atoms with Gasteiger partial charge in [0.05, 0.1) is 6.10 Å². The Bertz CT molecular complexity index is 50.8. The van der Waals surface area contributed by atoms with Gasteiger partial charge in [0.1, 0.15) is 5.50 Å². The van der Waals surface area contributed by atoms with Gasteiger partial charge in [-0.05, 0) is 0 Å². The fourth-order valence-corrected chi connectivity index (χ4v) is 0.491. The average Bonchev–Trinajstić information content (AvgIpc) is 1.61. The number of aliphatic hydroxyl groups is 1. The normalized spacial score (nSPS) is 45.0. The molecule has 36 valence electrons. The quantitative estimate of drug-likeness (QED) is 0.324. The molecule has 2 unspecified atom stereocenters. The molecule has 0 amide bonds. The Morgan fingerprint density at radius 3 is 2.33 bits per heavy atom. The van der Waals surface area contributed by atoms with Crippen molar-refractivity contribution in [2.24, 2.45) is 0 Å². The molecule has 0 bridgehead atoms. The fraction of sp³-hybridized carbons (Fsp3) is 1.00. The molecule has 0 radical (unpaired) electrons. The van der Waals surface area contributed by atoms with E-state index in [0.717, 1.165) is 0 Å². The molecule has 1 fully saturated rings. The second-order valence-electron chi connectivity index (χ2n) is 1.38. The van der Waals surface area contributed by atoms with Crippen LogP contribution < -0.4 is 5.32 Å². The maximum Gasteiger partial charge on any atom is 0.110 e. The summed E-state index contributed by atoms with van der Waals surface area (Å²) in [5.74, 6) is 0. The summed E-state index contributed by atoms with van der Waals surface area (Å²) in [6.45, 7) is 0.647. The van der Waals surface area contributed by atoms with E-state index in [1.807, 2.05) is 0 Å². The molecule has 1 saturated heterocycles. The van der Waals surface area contributed by atoms with Crippen LogP contribution in [0.25, 0.3) is 0 Å². The second kappa shape index (κ2) is 1.37. The SMILES string of the molecule is OC1CNC1Cl. The maximum atomic E-state index is 8.52. The Morgan fingerprint density at radius 1 is 1.83 bits per heavy atom. The third kappa shape index (κ3) is 0.511. The van der Waals surface area contributed by atoms with Crippen LogP contribution in [0.3, 0.4) is 0 Å². The first-order valence-corrected chi connectivity index (χ1v) is 2.30. The topological polar surface area (TPSA) is 32.3 Å². The average molecular weight is 108 g/mol. The second-order valence-corrected chi connectivity index (χ2v) is 1.85. The number of hydrogen-bond donors (Lipinski definition) is 2. The Hall–Kier alpha value is 0.210. The van der Waals surface area contributed by atoms with Crippen molar-refractivity contribution in [1.29, 1.82) is 0 Å². The fourth-order valence-electron chi connectivity index (χ4n) is 0.312. The number of β-amino-alcohol motifs (C(OH)–C–C–N with tert-alkyl or cyclic N) is 1. The van der Waals surface area contributed by atoms with E-state index in [9.17, 15) is 0 Å². The lowest BCUT2D eigenvalue weighted by molar-refractivity contribution is 0.0982. The van der Waals surface area contributed by atoms with Crippen LogP contribution >= 0.6 is 11.6 Å². The zero-order chi connectivity index (χ0) is 4.57. The molecule has 3 heteroatoms. The van der Waals surface area contributed by atoms with Gasteiger partial charge in [-0.25, -0.2) is 0 Å². The van der Waals surface area contributed by atoms with Crippen LogP contribution in [0.5, 0.6) is 0 Å². The van der Waals surface area contributed by atoms with Crippen molar-refractivity contribution >= 4 is 11.6 Å². The molecule has 2 N–H and O–H groups in total. The molecular weight excluding hydrogens is 101 g/mol. The summed E-state index contributed by atoms with van der Waals surface area (Å²) in [4.78, 5) is 0. The zero-order valence-electron chi connectivity index (χ0n) is 3.19. The Labute approximate surface area is 41.1 Å². The monoisotopic (exact) mass is 107 g/mol. The van der Waals surface area contributed by atoms with Gasteiger partial charge in [0, 0.05) is 6.54 Å². The van der Waals surface area contributed by atoms with Crippen LogP contribution in [0.2, 0.25) is 0 Å². The summed E-state index contributed by atoms with van der Waals surface area (Å²) >= 11 is 5.34. The van der Waals surface area contributed by atoms with Crippen LogP contribution in [0.15, 0.2) is 0 Å². The lowest BCUT2D eigenvalue weighted by atomic mass is 10.2. The molecule has 1 rings (SSSR count). The van der Waals surface area contributed by atoms with E-state index in [2.05, 4.69) is 5.32 Å². The molecule has 0 aliphatic carbocycles. The number of hydrogen-bond acceptors (Lipinski definition) is 2. The van der Waals surface area contributed by atoms with Crippen molar-refractivity contribution in [2.45, 2.75) is 11.6 Å². The molecule has 6 heavy (non-hydrogen) atoms. The van der Waals surface area contributed by atoms with Gasteiger partial charge in [-0.2, -0.15) is 0 Å². The van der Waals surface area contributed by atoms with Crippen molar-refractivity contribution in [3.8, 4) is 0 Å². The third-order valence-corrected chi connectivity index (χ3v) is 1.30. The van der Waals surface area contributed by atoms with E-state index in [0.29, 0.717) is 6.54 Å². The predicted octanol–water partition coefficient (Wildman–Crippen LogP) is -0.485. The lowest BCUT2D eigenvalue weighted by Gasteiger charge is -2.27. The summed E-state index contributed by atoms with van der Waals surface area (Å²) in [5.41, 5.74) is -0.190. The van der Waals surface area contributed by atoms with E-state index in [4.69, 9.17) is 16.7 Å². The van der Waals surface area contributed by atoms with Gasteiger partial charge in [0.15, 0.2) is 0 Å². The molecular formula is C3H6ClNO. The third-order valence-electron chi connectivity index (χ3n) is 0.860. The maximum absolute atomic E-state index is 8.52. The van der Waals surface area contributed by atoms with Crippen LogP contribution in [-0.4, -0.2) is 23.3 Å². The van der Waals surface area contributed by atoms with E-state index < -0.39 is 0 Å². The zero-order valence-corrected chi connectivity index (χ0v) is 3.94. The summed E-state index contributed by atoms with van der Waals surface area (Å²) in [6.07, 6.45) is -0.313. The lowest BCUT2D eigenvalue weighted by Crippen LogP contribution is -2.53. The Kier molecular flexibility index (Phi) is 0.998. The molecule has 0 aromatic heterocycles. The number of nitrogens with one attached hydrogen (secondary N) is 1. The van der Waals surface area contributed by atoms with E-state index >= 15 is 0 Å².